The van der Waals surface area contributed by atoms with Crippen LogP contribution in [0.15, 0.2) is 30.3 Å². The summed E-state index contributed by atoms with van der Waals surface area (Å²) < 4.78 is 5.46. The number of hydrogen-bond donors (Lipinski definition) is 1. The zero-order chi connectivity index (χ0) is 12.4. The third kappa shape index (κ3) is 2.94. The molecule has 1 aromatic carbocycles. The predicted octanol–water partition coefficient (Wildman–Crippen LogP) is 4.42. The first-order valence-corrected chi connectivity index (χ1v) is 5.74. The maximum atomic E-state index is 5.86. The van der Waals surface area contributed by atoms with Gasteiger partial charge in [-0.2, -0.15) is 4.98 Å². The third-order valence-corrected chi connectivity index (χ3v) is 2.91. The fourth-order valence-corrected chi connectivity index (χ4v) is 1.59. The van der Waals surface area contributed by atoms with E-state index >= 15 is 0 Å². The Bertz CT molecular complexity index is 560. The average Bonchev–Trinajstić information content (AvgIpc) is 2.29. The van der Waals surface area contributed by atoms with Crippen molar-refractivity contribution in [2.45, 2.75) is 0 Å². The Balaban J connectivity index is 2.31. The lowest BCUT2D eigenvalue weighted by atomic mass is 10.3. The van der Waals surface area contributed by atoms with Gasteiger partial charge in [-0.15, -0.1) is 0 Å². The molecule has 0 spiro atoms. The lowest BCUT2D eigenvalue weighted by Crippen LogP contribution is -1.95. The molecule has 2 rings (SSSR count). The minimum absolute atomic E-state index is 0.232. The predicted molar refractivity (Wildman–Crippen MR) is 70.2 cm³/mol. The second-order valence-electron chi connectivity index (χ2n) is 3.21. The first-order valence-electron chi connectivity index (χ1n) is 4.61. The molecule has 3 nitrogen and oxygen atoms in total. The summed E-state index contributed by atoms with van der Waals surface area (Å²) in [6, 6.07) is 8.06. The molecule has 17 heavy (non-hydrogen) atoms. The first kappa shape index (κ1) is 12.3. The van der Waals surface area contributed by atoms with Crippen molar-refractivity contribution >= 4 is 40.5 Å². The number of ether oxygens (including phenoxy) is 1. The number of halogens is 3. The van der Waals surface area contributed by atoms with E-state index in [0.29, 0.717) is 26.6 Å². The van der Waals surface area contributed by atoms with Crippen molar-refractivity contribution in [1.82, 2.24) is 4.98 Å². The van der Waals surface area contributed by atoms with Crippen LogP contribution >= 0.6 is 34.8 Å². The zero-order valence-corrected chi connectivity index (χ0v) is 10.7. The maximum Gasteiger partial charge on any atom is 0.244 e. The highest BCUT2D eigenvalue weighted by atomic mass is 35.5. The lowest BCUT2D eigenvalue weighted by Gasteiger charge is -2.08. The average molecular weight is 290 g/mol. The van der Waals surface area contributed by atoms with Gasteiger partial charge >= 0.3 is 0 Å². The SMILES string of the molecule is Nc1ccc(Cl)nc1Oc1ccc(Cl)c(Cl)c1. The Morgan fingerprint density at radius 1 is 1.00 bits per heavy atom. The van der Waals surface area contributed by atoms with E-state index in [-0.39, 0.29) is 5.88 Å². The first-order chi connectivity index (χ1) is 8.06. The zero-order valence-electron chi connectivity index (χ0n) is 8.45. The molecule has 0 radical (unpaired) electrons. The van der Waals surface area contributed by atoms with E-state index in [1.807, 2.05) is 0 Å². The van der Waals surface area contributed by atoms with E-state index in [2.05, 4.69) is 4.98 Å². The summed E-state index contributed by atoms with van der Waals surface area (Å²) in [6.45, 7) is 0. The smallest absolute Gasteiger partial charge is 0.244 e. The van der Waals surface area contributed by atoms with Gasteiger partial charge in [-0.1, -0.05) is 34.8 Å². The molecule has 1 heterocycles. The molecule has 2 aromatic rings. The Kier molecular flexibility index (Phi) is 3.62. The van der Waals surface area contributed by atoms with Gasteiger partial charge in [0.2, 0.25) is 5.88 Å². The molecular formula is C11H7Cl3N2O. The summed E-state index contributed by atoms with van der Waals surface area (Å²) in [5, 5.41) is 1.14. The van der Waals surface area contributed by atoms with E-state index in [1.54, 1.807) is 30.3 Å². The van der Waals surface area contributed by atoms with Crippen molar-refractivity contribution in [3.05, 3.63) is 45.5 Å². The normalized spacial score (nSPS) is 10.3. The van der Waals surface area contributed by atoms with Crippen LogP contribution in [0.3, 0.4) is 0 Å². The fourth-order valence-electron chi connectivity index (χ4n) is 1.16. The maximum absolute atomic E-state index is 5.86. The van der Waals surface area contributed by atoms with Gasteiger partial charge in [0.15, 0.2) is 0 Å². The van der Waals surface area contributed by atoms with Crippen LogP contribution in [0.4, 0.5) is 5.69 Å². The number of benzene rings is 1. The lowest BCUT2D eigenvalue weighted by molar-refractivity contribution is 0.466. The number of hydrogen-bond acceptors (Lipinski definition) is 3. The standard InChI is InChI=1S/C11H7Cl3N2O/c12-7-2-1-6(5-8(7)13)17-11-9(15)3-4-10(14)16-11/h1-5H,15H2. The highest BCUT2D eigenvalue weighted by molar-refractivity contribution is 6.42. The number of pyridine rings is 1. The van der Waals surface area contributed by atoms with Gasteiger partial charge in [-0.05, 0) is 24.3 Å². The van der Waals surface area contributed by atoms with Gasteiger partial charge in [0.25, 0.3) is 0 Å². The second-order valence-corrected chi connectivity index (χ2v) is 4.41. The highest BCUT2D eigenvalue weighted by Crippen LogP contribution is 2.31. The Morgan fingerprint density at radius 3 is 2.47 bits per heavy atom. The van der Waals surface area contributed by atoms with Crippen LogP contribution in [0.25, 0.3) is 0 Å². The van der Waals surface area contributed by atoms with Crippen molar-refractivity contribution in [2.75, 3.05) is 5.73 Å². The Morgan fingerprint density at radius 2 is 1.76 bits per heavy atom. The number of nitrogens with zero attached hydrogens (tertiary/aromatic N) is 1. The summed E-state index contributed by atoms with van der Waals surface area (Å²) in [4.78, 5) is 3.96. The Hall–Kier alpha value is -1.16. The number of anilines is 1. The molecule has 2 N–H and O–H groups in total. The van der Waals surface area contributed by atoms with Crippen molar-refractivity contribution in [1.29, 1.82) is 0 Å². The summed E-state index contributed by atoms with van der Waals surface area (Å²) in [5.41, 5.74) is 6.09. The fraction of sp³-hybridized carbons (Fsp3) is 0. The summed E-state index contributed by atoms with van der Waals surface area (Å²) in [5.74, 6) is 0.719. The summed E-state index contributed by atoms with van der Waals surface area (Å²) in [7, 11) is 0. The third-order valence-electron chi connectivity index (χ3n) is 1.96. The molecule has 6 heteroatoms. The topological polar surface area (TPSA) is 48.1 Å². The number of rotatable bonds is 2. The van der Waals surface area contributed by atoms with Gasteiger partial charge in [0.1, 0.15) is 10.9 Å². The van der Waals surface area contributed by atoms with Crippen LogP contribution in [0.5, 0.6) is 11.6 Å². The molecule has 88 valence electrons. The molecular weight excluding hydrogens is 282 g/mol. The highest BCUT2D eigenvalue weighted by Gasteiger charge is 2.06. The molecule has 0 atom stereocenters. The van der Waals surface area contributed by atoms with Gasteiger partial charge < -0.3 is 10.5 Å². The molecule has 0 amide bonds. The number of aromatic nitrogens is 1. The molecule has 0 aliphatic carbocycles. The van der Waals surface area contributed by atoms with Crippen LogP contribution in [0.2, 0.25) is 15.2 Å². The molecule has 0 aliphatic heterocycles. The van der Waals surface area contributed by atoms with Crippen LogP contribution in [0.1, 0.15) is 0 Å². The molecule has 0 fully saturated rings. The van der Waals surface area contributed by atoms with Crippen molar-refractivity contribution < 1.29 is 4.74 Å². The van der Waals surface area contributed by atoms with Crippen LogP contribution in [-0.2, 0) is 0 Å². The van der Waals surface area contributed by atoms with Gasteiger partial charge in [0, 0.05) is 6.07 Å². The molecule has 0 unspecified atom stereocenters. The Labute approximate surface area is 113 Å². The van der Waals surface area contributed by atoms with E-state index in [0.717, 1.165) is 0 Å². The molecule has 0 bridgehead atoms. The number of nitrogens with two attached hydrogens (primary N) is 1. The van der Waals surface area contributed by atoms with Gasteiger partial charge in [-0.3, -0.25) is 0 Å². The second kappa shape index (κ2) is 5.00. The van der Waals surface area contributed by atoms with E-state index in [4.69, 9.17) is 45.3 Å². The minimum Gasteiger partial charge on any atom is -0.437 e. The van der Waals surface area contributed by atoms with Crippen molar-refractivity contribution in [3.63, 3.8) is 0 Å². The molecule has 1 aromatic heterocycles. The van der Waals surface area contributed by atoms with Crippen LogP contribution in [-0.4, -0.2) is 4.98 Å². The van der Waals surface area contributed by atoms with E-state index < -0.39 is 0 Å². The quantitative estimate of drug-likeness (QED) is 0.833. The van der Waals surface area contributed by atoms with Crippen molar-refractivity contribution in [2.24, 2.45) is 0 Å². The van der Waals surface area contributed by atoms with E-state index in [1.165, 1.54) is 0 Å². The number of nitrogen functional groups attached to an aromatic ring is 1. The molecule has 0 saturated carbocycles. The van der Waals surface area contributed by atoms with Crippen LogP contribution in [0, 0.1) is 0 Å². The van der Waals surface area contributed by atoms with Crippen LogP contribution < -0.4 is 10.5 Å². The monoisotopic (exact) mass is 288 g/mol. The van der Waals surface area contributed by atoms with Gasteiger partial charge in [-0.25, -0.2) is 0 Å². The molecule has 0 aliphatic rings. The van der Waals surface area contributed by atoms with Gasteiger partial charge in [0.05, 0.1) is 15.7 Å². The van der Waals surface area contributed by atoms with Crippen molar-refractivity contribution in [3.8, 4) is 11.6 Å². The minimum atomic E-state index is 0.232. The largest absolute Gasteiger partial charge is 0.437 e. The van der Waals surface area contributed by atoms with E-state index in [9.17, 15) is 0 Å². The summed E-state index contributed by atoms with van der Waals surface area (Å²) in [6.07, 6.45) is 0. The molecule has 0 saturated heterocycles. The summed E-state index contributed by atoms with van der Waals surface area (Å²) >= 11 is 17.4.